The van der Waals surface area contributed by atoms with E-state index in [2.05, 4.69) is 41.4 Å². The molecule has 94 valence electrons. The van der Waals surface area contributed by atoms with Crippen LogP contribution in [0, 0.1) is 0 Å². The molecule has 1 saturated heterocycles. The lowest BCUT2D eigenvalue weighted by atomic mass is 10.00. The molecule has 2 rings (SSSR count). The Labute approximate surface area is 104 Å². The van der Waals surface area contributed by atoms with Crippen molar-refractivity contribution < 1.29 is 0 Å². The van der Waals surface area contributed by atoms with Crippen LogP contribution in [0.1, 0.15) is 38.7 Å². The summed E-state index contributed by atoms with van der Waals surface area (Å²) in [4.78, 5) is 4.04. The average molecular weight is 233 g/mol. The molecule has 0 spiro atoms. The fraction of sp³-hybridized carbons (Fsp3) is 0.643. The predicted octanol–water partition coefficient (Wildman–Crippen LogP) is 2.39. The van der Waals surface area contributed by atoms with Crippen LogP contribution >= 0.6 is 0 Å². The second-order valence-corrected chi connectivity index (χ2v) is 5.05. The highest BCUT2D eigenvalue weighted by molar-refractivity contribution is 5.09. The SMILES string of the molecule is CC1CCCC(C)N1NCCc1ccncc1. The maximum atomic E-state index is 4.04. The summed E-state index contributed by atoms with van der Waals surface area (Å²) in [6.07, 6.45) is 8.78. The summed E-state index contributed by atoms with van der Waals surface area (Å²) in [6, 6.07) is 5.50. The molecule has 17 heavy (non-hydrogen) atoms. The zero-order valence-corrected chi connectivity index (χ0v) is 10.9. The number of nitrogens with one attached hydrogen (secondary N) is 1. The molecule has 3 heteroatoms. The lowest BCUT2D eigenvalue weighted by Crippen LogP contribution is -2.52. The van der Waals surface area contributed by atoms with Crippen LogP contribution in [0.3, 0.4) is 0 Å². The van der Waals surface area contributed by atoms with Gasteiger partial charge < -0.3 is 0 Å². The summed E-state index contributed by atoms with van der Waals surface area (Å²) in [7, 11) is 0. The number of hydrogen-bond donors (Lipinski definition) is 1. The molecule has 0 aromatic carbocycles. The number of hydrazine groups is 1. The quantitative estimate of drug-likeness (QED) is 0.865. The molecular formula is C14H23N3. The molecule has 1 fully saturated rings. The van der Waals surface area contributed by atoms with Crippen LogP contribution in [-0.4, -0.2) is 28.6 Å². The minimum absolute atomic E-state index is 0.663. The van der Waals surface area contributed by atoms with Gasteiger partial charge in [-0.2, -0.15) is 0 Å². The molecule has 2 unspecified atom stereocenters. The first-order valence-corrected chi connectivity index (χ1v) is 6.68. The number of nitrogens with zero attached hydrogens (tertiary/aromatic N) is 2. The van der Waals surface area contributed by atoms with Gasteiger partial charge in [-0.1, -0.05) is 6.42 Å². The van der Waals surface area contributed by atoms with Gasteiger partial charge in [-0.15, -0.1) is 0 Å². The third kappa shape index (κ3) is 3.51. The Balaban J connectivity index is 1.77. The molecular weight excluding hydrogens is 210 g/mol. The van der Waals surface area contributed by atoms with Gasteiger partial charge in [0.25, 0.3) is 0 Å². The fourth-order valence-corrected chi connectivity index (χ4v) is 2.61. The van der Waals surface area contributed by atoms with E-state index < -0.39 is 0 Å². The van der Waals surface area contributed by atoms with E-state index in [4.69, 9.17) is 0 Å². The normalized spacial score (nSPS) is 26.0. The smallest absolute Gasteiger partial charge is 0.0270 e. The molecule has 0 saturated carbocycles. The molecule has 0 bridgehead atoms. The van der Waals surface area contributed by atoms with Crippen molar-refractivity contribution in [2.45, 2.75) is 51.6 Å². The van der Waals surface area contributed by atoms with E-state index >= 15 is 0 Å². The van der Waals surface area contributed by atoms with Crippen molar-refractivity contribution in [1.82, 2.24) is 15.4 Å². The van der Waals surface area contributed by atoms with E-state index in [-0.39, 0.29) is 0 Å². The van der Waals surface area contributed by atoms with Crippen LogP contribution in [-0.2, 0) is 6.42 Å². The third-order valence-electron chi connectivity index (χ3n) is 3.65. The summed E-state index contributed by atoms with van der Waals surface area (Å²) >= 11 is 0. The van der Waals surface area contributed by atoms with Gasteiger partial charge in [-0.25, -0.2) is 5.01 Å². The van der Waals surface area contributed by atoms with Gasteiger partial charge in [0.2, 0.25) is 0 Å². The summed E-state index contributed by atoms with van der Waals surface area (Å²) in [5.74, 6) is 0. The topological polar surface area (TPSA) is 28.2 Å². The number of pyridine rings is 1. The van der Waals surface area contributed by atoms with Crippen LogP contribution in [0.15, 0.2) is 24.5 Å². The fourth-order valence-electron chi connectivity index (χ4n) is 2.61. The third-order valence-corrected chi connectivity index (χ3v) is 3.65. The predicted molar refractivity (Wildman–Crippen MR) is 70.6 cm³/mol. The van der Waals surface area contributed by atoms with Crippen LogP contribution in [0.4, 0.5) is 0 Å². The number of rotatable bonds is 4. The summed E-state index contributed by atoms with van der Waals surface area (Å²) in [6.45, 7) is 5.64. The van der Waals surface area contributed by atoms with Gasteiger partial charge >= 0.3 is 0 Å². The zero-order chi connectivity index (χ0) is 12.1. The lowest BCUT2D eigenvalue weighted by molar-refractivity contribution is 0.0470. The minimum atomic E-state index is 0.663. The van der Waals surface area contributed by atoms with Crippen molar-refractivity contribution >= 4 is 0 Å². The van der Waals surface area contributed by atoms with Crippen molar-refractivity contribution in [2.75, 3.05) is 6.54 Å². The first-order chi connectivity index (χ1) is 8.27. The van der Waals surface area contributed by atoms with Gasteiger partial charge in [0.1, 0.15) is 0 Å². The molecule has 1 aliphatic heterocycles. The highest BCUT2D eigenvalue weighted by Crippen LogP contribution is 2.19. The maximum Gasteiger partial charge on any atom is 0.0270 e. The van der Waals surface area contributed by atoms with E-state index in [9.17, 15) is 0 Å². The number of aromatic nitrogens is 1. The first-order valence-electron chi connectivity index (χ1n) is 6.68. The lowest BCUT2D eigenvalue weighted by Gasteiger charge is -2.39. The molecule has 1 aliphatic rings. The Morgan fingerprint density at radius 2 is 1.88 bits per heavy atom. The second kappa shape index (κ2) is 6.12. The average Bonchev–Trinajstić information content (AvgIpc) is 2.34. The molecule has 0 aliphatic carbocycles. The van der Waals surface area contributed by atoms with E-state index in [1.807, 2.05) is 12.4 Å². The van der Waals surface area contributed by atoms with Gasteiger partial charge in [0.05, 0.1) is 0 Å². The van der Waals surface area contributed by atoms with Crippen LogP contribution < -0.4 is 5.43 Å². The van der Waals surface area contributed by atoms with Gasteiger partial charge in [-0.3, -0.25) is 10.4 Å². The Hall–Kier alpha value is -0.930. The van der Waals surface area contributed by atoms with Crippen molar-refractivity contribution in [3.63, 3.8) is 0 Å². The van der Waals surface area contributed by atoms with E-state index in [0.717, 1.165) is 13.0 Å². The maximum absolute atomic E-state index is 4.04. The molecule has 0 radical (unpaired) electrons. The number of piperidine rings is 1. The van der Waals surface area contributed by atoms with Crippen molar-refractivity contribution in [1.29, 1.82) is 0 Å². The Morgan fingerprint density at radius 1 is 1.24 bits per heavy atom. The summed E-state index contributed by atoms with van der Waals surface area (Å²) < 4.78 is 0. The summed E-state index contributed by atoms with van der Waals surface area (Å²) in [5, 5.41) is 2.44. The zero-order valence-electron chi connectivity index (χ0n) is 10.9. The number of hydrogen-bond acceptors (Lipinski definition) is 3. The molecule has 3 nitrogen and oxygen atoms in total. The van der Waals surface area contributed by atoms with Crippen LogP contribution in [0.5, 0.6) is 0 Å². The Bertz CT molecular complexity index is 315. The highest BCUT2D eigenvalue weighted by Gasteiger charge is 2.23. The first kappa shape index (κ1) is 12.5. The Morgan fingerprint density at radius 3 is 2.53 bits per heavy atom. The van der Waals surface area contributed by atoms with Gasteiger partial charge in [0.15, 0.2) is 0 Å². The minimum Gasteiger partial charge on any atom is -0.265 e. The van der Waals surface area contributed by atoms with E-state index in [0.29, 0.717) is 12.1 Å². The highest BCUT2D eigenvalue weighted by atomic mass is 15.5. The second-order valence-electron chi connectivity index (χ2n) is 5.05. The molecule has 1 N–H and O–H groups in total. The van der Waals surface area contributed by atoms with Crippen LogP contribution in [0.2, 0.25) is 0 Å². The van der Waals surface area contributed by atoms with Gasteiger partial charge in [-0.05, 0) is 50.8 Å². The van der Waals surface area contributed by atoms with E-state index in [1.54, 1.807) is 0 Å². The van der Waals surface area contributed by atoms with Crippen molar-refractivity contribution in [3.8, 4) is 0 Å². The monoisotopic (exact) mass is 233 g/mol. The Kier molecular flexibility index (Phi) is 4.51. The molecule has 0 amide bonds. The summed E-state index contributed by atoms with van der Waals surface area (Å²) in [5.41, 5.74) is 4.93. The largest absolute Gasteiger partial charge is 0.265 e. The standard InChI is InChI=1S/C14H23N3/c1-12-4-3-5-13(2)17(12)16-11-8-14-6-9-15-10-7-14/h6-7,9-10,12-13,16H,3-5,8,11H2,1-2H3. The molecule has 2 heterocycles. The van der Waals surface area contributed by atoms with Crippen LogP contribution in [0.25, 0.3) is 0 Å². The van der Waals surface area contributed by atoms with Crippen molar-refractivity contribution in [3.05, 3.63) is 30.1 Å². The van der Waals surface area contributed by atoms with E-state index in [1.165, 1.54) is 24.8 Å². The molecule has 1 aromatic rings. The molecule has 1 aromatic heterocycles. The van der Waals surface area contributed by atoms with Crippen molar-refractivity contribution in [2.24, 2.45) is 0 Å². The molecule has 2 atom stereocenters. The van der Waals surface area contributed by atoms with Gasteiger partial charge in [0, 0.05) is 31.0 Å².